The third-order valence-corrected chi connectivity index (χ3v) is 3.15. The van der Waals surface area contributed by atoms with Crippen LogP contribution in [-0.2, 0) is 7.05 Å². The lowest BCUT2D eigenvalue weighted by Gasteiger charge is -2.13. The summed E-state index contributed by atoms with van der Waals surface area (Å²) in [6.45, 7) is 1.61. The quantitative estimate of drug-likeness (QED) is 0.912. The topological polar surface area (TPSA) is 53.1 Å². The molecule has 2 rings (SSSR count). The third kappa shape index (κ3) is 1.80. The number of anilines is 1. The molecule has 1 heterocycles. The second kappa shape index (κ2) is 4.49. The minimum atomic E-state index is -0.486. The van der Waals surface area contributed by atoms with E-state index in [0.717, 1.165) is 0 Å². The first kappa shape index (κ1) is 12.7. The van der Waals surface area contributed by atoms with Gasteiger partial charge < -0.3 is 10.5 Å². The Labute approximate surface area is 109 Å². The smallest absolute Gasteiger partial charge is 0.148 e. The number of halogens is 2. The van der Waals surface area contributed by atoms with Crippen LogP contribution in [-0.4, -0.2) is 16.9 Å². The summed E-state index contributed by atoms with van der Waals surface area (Å²) in [7, 11) is 3.20. The van der Waals surface area contributed by atoms with Gasteiger partial charge in [-0.05, 0) is 13.0 Å². The lowest BCUT2D eigenvalue weighted by molar-refractivity contribution is 0.409. The molecule has 1 aromatic carbocycles. The van der Waals surface area contributed by atoms with Crippen molar-refractivity contribution in [1.29, 1.82) is 0 Å². The molecule has 0 atom stereocenters. The molecule has 0 bridgehead atoms. The highest BCUT2D eigenvalue weighted by Crippen LogP contribution is 2.39. The molecule has 6 heteroatoms. The summed E-state index contributed by atoms with van der Waals surface area (Å²) in [4.78, 5) is 0. The van der Waals surface area contributed by atoms with Crippen molar-refractivity contribution in [2.45, 2.75) is 6.92 Å². The van der Waals surface area contributed by atoms with Gasteiger partial charge in [0.15, 0.2) is 0 Å². The predicted octanol–water partition coefficient (Wildman–Crippen LogP) is 2.78. The minimum absolute atomic E-state index is 0.0338. The van der Waals surface area contributed by atoms with Crippen LogP contribution < -0.4 is 10.5 Å². The Morgan fingerprint density at radius 3 is 2.61 bits per heavy atom. The Bertz CT molecular complexity index is 610. The molecule has 0 saturated heterocycles. The summed E-state index contributed by atoms with van der Waals surface area (Å²) in [5.41, 5.74) is 7.55. The maximum absolute atomic E-state index is 13.7. The highest BCUT2D eigenvalue weighted by Gasteiger charge is 2.19. The van der Waals surface area contributed by atoms with E-state index in [2.05, 4.69) is 5.10 Å². The van der Waals surface area contributed by atoms with E-state index in [9.17, 15) is 4.39 Å². The SMILES string of the molecule is COc1c(-c2cnn(C)c2N)cc(Cl)c(F)c1C. The fraction of sp³-hybridized carbons (Fsp3) is 0.250. The van der Waals surface area contributed by atoms with Gasteiger partial charge in [-0.25, -0.2) is 4.39 Å². The average Bonchev–Trinajstić information content (AvgIpc) is 2.67. The van der Waals surface area contributed by atoms with Crippen LogP contribution in [0.4, 0.5) is 10.2 Å². The van der Waals surface area contributed by atoms with Crippen LogP contribution in [0.15, 0.2) is 12.3 Å². The molecule has 2 aromatic rings. The Balaban J connectivity index is 2.75. The first-order valence-electron chi connectivity index (χ1n) is 5.27. The van der Waals surface area contributed by atoms with Crippen molar-refractivity contribution >= 4 is 17.4 Å². The predicted molar refractivity (Wildman–Crippen MR) is 69.3 cm³/mol. The van der Waals surface area contributed by atoms with Crippen molar-refractivity contribution in [3.63, 3.8) is 0 Å². The molecule has 0 spiro atoms. The lowest BCUT2D eigenvalue weighted by atomic mass is 10.0. The number of nitrogens with two attached hydrogens (primary N) is 1. The van der Waals surface area contributed by atoms with E-state index in [1.54, 1.807) is 20.2 Å². The summed E-state index contributed by atoms with van der Waals surface area (Å²) >= 11 is 5.86. The average molecular weight is 270 g/mol. The Hall–Kier alpha value is -1.75. The molecule has 0 aliphatic carbocycles. The van der Waals surface area contributed by atoms with Crippen LogP contribution in [0.2, 0.25) is 5.02 Å². The molecule has 4 nitrogen and oxygen atoms in total. The van der Waals surface area contributed by atoms with Crippen LogP contribution in [0.3, 0.4) is 0 Å². The number of rotatable bonds is 2. The molecule has 18 heavy (non-hydrogen) atoms. The number of aromatic nitrogens is 2. The molecule has 0 unspecified atom stereocenters. The standard InChI is InChI=1S/C12H13ClFN3O/c1-6-10(14)9(13)4-7(11(6)18-3)8-5-16-17(2)12(8)15/h4-5H,15H2,1-3H3. The second-order valence-electron chi connectivity index (χ2n) is 3.95. The van der Waals surface area contributed by atoms with E-state index in [1.165, 1.54) is 17.9 Å². The number of methoxy groups -OCH3 is 1. The highest BCUT2D eigenvalue weighted by atomic mass is 35.5. The largest absolute Gasteiger partial charge is 0.496 e. The summed E-state index contributed by atoms with van der Waals surface area (Å²) < 4.78 is 20.5. The third-order valence-electron chi connectivity index (χ3n) is 2.87. The van der Waals surface area contributed by atoms with Crippen LogP contribution in [0.25, 0.3) is 11.1 Å². The van der Waals surface area contributed by atoms with Crippen molar-refractivity contribution in [3.05, 3.63) is 28.7 Å². The second-order valence-corrected chi connectivity index (χ2v) is 4.35. The summed E-state index contributed by atoms with van der Waals surface area (Å²) in [5.74, 6) is 0.395. The van der Waals surface area contributed by atoms with Gasteiger partial charge in [0.25, 0.3) is 0 Å². The number of benzene rings is 1. The zero-order chi connectivity index (χ0) is 13.4. The zero-order valence-electron chi connectivity index (χ0n) is 10.3. The number of nitrogens with zero attached hydrogens (tertiary/aromatic N) is 2. The van der Waals surface area contributed by atoms with Gasteiger partial charge in [0.1, 0.15) is 17.4 Å². The van der Waals surface area contributed by atoms with E-state index in [4.69, 9.17) is 22.1 Å². The number of hydrogen-bond acceptors (Lipinski definition) is 3. The van der Waals surface area contributed by atoms with E-state index >= 15 is 0 Å². The summed E-state index contributed by atoms with van der Waals surface area (Å²) in [6.07, 6.45) is 1.60. The number of ether oxygens (including phenoxy) is 1. The molecule has 0 radical (unpaired) electrons. The number of aryl methyl sites for hydroxylation is 1. The van der Waals surface area contributed by atoms with Gasteiger partial charge in [0.05, 0.1) is 18.3 Å². The van der Waals surface area contributed by atoms with E-state index in [0.29, 0.717) is 28.3 Å². The molecule has 0 fully saturated rings. The Morgan fingerprint density at radius 2 is 2.11 bits per heavy atom. The number of hydrogen-bond donors (Lipinski definition) is 1. The van der Waals surface area contributed by atoms with Crippen molar-refractivity contribution in [3.8, 4) is 16.9 Å². The minimum Gasteiger partial charge on any atom is -0.496 e. The van der Waals surface area contributed by atoms with Crippen LogP contribution in [0.1, 0.15) is 5.56 Å². The lowest BCUT2D eigenvalue weighted by Crippen LogP contribution is -2.00. The first-order chi connectivity index (χ1) is 8.47. The van der Waals surface area contributed by atoms with Gasteiger partial charge in [0, 0.05) is 23.7 Å². The Morgan fingerprint density at radius 1 is 1.44 bits per heavy atom. The van der Waals surface area contributed by atoms with Gasteiger partial charge in [0.2, 0.25) is 0 Å². The molecule has 0 aliphatic rings. The Kier molecular flexibility index (Phi) is 3.17. The number of nitrogen functional groups attached to an aromatic ring is 1. The summed E-state index contributed by atoms with van der Waals surface area (Å²) in [5, 5.41) is 4.08. The maximum atomic E-state index is 13.7. The molecular formula is C12H13ClFN3O. The molecule has 0 aliphatic heterocycles. The summed E-state index contributed by atoms with van der Waals surface area (Å²) in [6, 6.07) is 1.50. The van der Waals surface area contributed by atoms with Crippen molar-refractivity contribution < 1.29 is 9.13 Å². The van der Waals surface area contributed by atoms with E-state index < -0.39 is 5.82 Å². The molecule has 2 N–H and O–H groups in total. The van der Waals surface area contributed by atoms with Gasteiger partial charge >= 0.3 is 0 Å². The van der Waals surface area contributed by atoms with Crippen LogP contribution in [0, 0.1) is 12.7 Å². The molecular weight excluding hydrogens is 257 g/mol. The van der Waals surface area contributed by atoms with Crippen molar-refractivity contribution in [1.82, 2.24) is 9.78 Å². The van der Waals surface area contributed by atoms with Crippen molar-refractivity contribution in [2.75, 3.05) is 12.8 Å². The van der Waals surface area contributed by atoms with Crippen LogP contribution in [0.5, 0.6) is 5.75 Å². The fourth-order valence-electron chi connectivity index (χ4n) is 1.85. The first-order valence-corrected chi connectivity index (χ1v) is 5.65. The molecule has 1 aromatic heterocycles. The van der Waals surface area contributed by atoms with Gasteiger partial charge in [-0.1, -0.05) is 11.6 Å². The van der Waals surface area contributed by atoms with E-state index in [-0.39, 0.29) is 5.02 Å². The highest BCUT2D eigenvalue weighted by molar-refractivity contribution is 6.31. The maximum Gasteiger partial charge on any atom is 0.148 e. The molecule has 0 amide bonds. The normalized spacial score (nSPS) is 10.7. The monoisotopic (exact) mass is 269 g/mol. The van der Waals surface area contributed by atoms with Crippen molar-refractivity contribution in [2.24, 2.45) is 7.05 Å². The molecule has 96 valence electrons. The molecule has 0 saturated carbocycles. The van der Waals surface area contributed by atoms with Crippen LogP contribution >= 0.6 is 11.6 Å². The van der Waals surface area contributed by atoms with Gasteiger partial charge in [-0.3, -0.25) is 4.68 Å². The van der Waals surface area contributed by atoms with Gasteiger partial charge in [-0.15, -0.1) is 0 Å². The van der Waals surface area contributed by atoms with E-state index in [1.807, 2.05) is 0 Å². The fourth-order valence-corrected chi connectivity index (χ4v) is 2.10. The van der Waals surface area contributed by atoms with Gasteiger partial charge in [-0.2, -0.15) is 5.10 Å². The zero-order valence-corrected chi connectivity index (χ0v) is 11.0.